The van der Waals surface area contributed by atoms with Gasteiger partial charge in [0, 0.05) is 0 Å². The van der Waals surface area contributed by atoms with Crippen molar-refractivity contribution in [2.24, 2.45) is 5.73 Å². The van der Waals surface area contributed by atoms with Gasteiger partial charge < -0.3 is 16.1 Å². The third kappa shape index (κ3) is 13.9. The van der Waals surface area contributed by atoms with Crippen LogP contribution in [0.1, 0.15) is 6.42 Å². The van der Waals surface area contributed by atoms with Crippen molar-refractivity contribution in [3.63, 3.8) is 0 Å². The monoisotopic (exact) mass is 278 g/mol. The molecular weight excluding hydrogens is 264 g/mol. The second kappa shape index (κ2) is 13.9. The summed E-state index contributed by atoms with van der Waals surface area (Å²) < 4.78 is 30.0. The van der Waals surface area contributed by atoms with Crippen molar-refractivity contribution in [3.8, 4) is 0 Å². The summed E-state index contributed by atoms with van der Waals surface area (Å²) >= 11 is 1.82. The van der Waals surface area contributed by atoms with Crippen LogP contribution in [-0.4, -0.2) is 37.0 Å². The van der Waals surface area contributed by atoms with E-state index in [4.69, 9.17) is 14.5 Å². The lowest BCUT2D eigenvalue weighted by atomic mass is 10.2. The van der Waals surface area contributed by atoms with E-state index in [1.165, 1.54) is 0 Å². The topological polar surface area (TPSA) is 142 Å². The summed E-state index contributed by atoms with van der Waals surface area (Å²) in [6.45, 7) is 0. The predicted octanol–water partition coefficient (Wildman–Crippen LogP) is -0.428. The lowest BCUT2D eigenvalue weighted by molar-refractivity contribution is -0.135. The molecule has 92 valence electrons. The Hall–Kier alpha value is -0.130. The summed E-state index contributed by atoms with van der Waals surface area (Å²) in [5.74, 6) is -0.126. The van der Waals surface area contributed by atoms with Gasteiger partial charge in [-0.15, -0.1) is 0 Å². The van der Waals surface area contributed by atoms with Crippen LogP contribution in [0, 0.1) is 0 Å². The molecule has 2 atom stereocenters. The van der Waals surface area contributed by atoms with E-state index >= 15 is 0 Å². The van der Waals surface area contributed by atoms with E-state index < -0.39 is 23.4 Å². The van der Waals surface area contributed by atoms with Crippen LogP contribution in [-0.2, 0) is 32.9 Å². The molecule has 0 saturated carbocycles. The van der Waals surface area contributed by atoms with Crippen LogP contribution < -0.4 is 11.9 Å². The zero-order valence-electron chi connectivity index (χ0n) is 8.08. The zero-order chi connectivity index (χ0) is 11.6. The summed E-state index contributed by atoms with van der Waals surface area (Å²) in [5.41, 5.74) is 5.32. The molecule has 1 unspecified atom stereocenters. The first-order valence-corrected chi connectivity index (χ1v) is 6.08. The summed E-state index contributed by atoms with van der Waals surface area (Å²) in [6.07, 6.45) is 2.32. The molecule has 0 fully saturated rings. The lowest BCUT2D eigenvalue weighted by Crippen LogP contribution is -2.33. The molecule has 0 bridgehead atoms. The van der Waals surface area contributed by atoms with Crippen LogP contribution in [0.15, 0.2) is 0 Å². The Morgan fingerprint density at radius 2 is 2.13 bits per heavy atom. The maximum Gasteiger partial charge on any atom is 0.360 e. The molecule has 0 spiro atoms. The van der Waals surface area contributed by atoms with Crippen molar-refractivity contribution in [2.45, 2.75) is 12.5 Å². The van der Waals surface area contributed by atoms with Crippen LogP contribution in [0.3, 0.4) is 0 Å². The van der Waals surface area contributed by atoms with E-state index in [0.29, 0.717) is 12.2 Å². The van der Waals surface area contributed by atoms with E-state index in [2.05, 4.69) is 16.7 Å². The number of hydrogen-bond acceptors (Lipinski definition) is 8. The minimum Gasteiger partial charge on any atom is -0.344 e. The molecule has 7 nitrogen and oxygen atoms in total. The van der Waals surface area contributed by atoms with Gasteiger partial charge in [-0.3, -0.25) is 4.55 Å². The van der Waals surface area contributed by atoms with Gasteiger partial charge in [0.1, 0.15) is 6.04 Å². The lowest BCUT2D eigenvalue weighted by Gasteiger charge is -2.06. The van der Waals surface area contributed by atoms with Gasteiger partial charge in [-0.2, -0.15) is 20.2 Å². The van der Waals surface area contributed by atoms with Crippen molar-refractivity contribution >= 4 is 41.6 Å². The highest BCUT2D eigenvalue weighted by molar-refractivity contribution is 7.98. The molecule has 0 aliphatic heterocycles. The SMILES string of the molecule is CSCC[C@H](N)C(=O)OS(=O)O.N.O=S. The Morgan fingerprint density at radius 3 is 2.47 bits per heavy atom. The number of carbonyl (C=O) groups is 1. The molecule has 0 amide bonds. The van der Waals surface area contributed by atoms with Crippen LogP contribution in [0.2, 0.25) is 0 Å². The van der Waals surface area contributed by atoms with Gasteiger partial charge in [-0.05, 0) is 18.4 Å². The molecule has 6 N–H and O–H groups in total. The standard InChI is InChI=1S/C5H11NO4S2.H3N.OS/c1-11-3-2-4(6)5(7)10-12(8)9;;1-2/h4H,2-3,6H2,1H3,(H,8,9);1H3;/t4-;;/m0../s1. The zero-order valence-corrected chi connectivity index (χ0v) is 10.5. The van der Waals surface area contributed by atoms with Gasteiger partial charge in [-0.25, -0.2) is 4.79 Å². The number of rotatable bonds is 5. The minimum atomic E-state index is -2.56. The summed E-state index contributed by atoms with van der Waals surface area (Å²) in [4.78, 5) is 10.7. The van der Waals surface area contributed by atoms with Crippen LogP contribution in [0.4, 0.5) is 0 Å². The van der Waals surface area contributed by atoms with Gasteiger partial charge in [0.05, 0.1) is 0 Å². The number of nitrogens with two attached hydrogens (primary N) is 1. The smallest absolute Gasteiger partial charge is 0.344 e. The first kappa shape index (κ1) is 20.3. The summed E-state index contributed by atoms with van der Waals surface area (Å²) in [7, 11) is 0. The van der Waals surface area contributed by atoms with Gasteiger partial charge >= 0.3 is 17.3 Å². The Kier molecular flexibility index (Phi) is 18.8. The third-order valence-electron chi connectivity index (χ3n) is 1.09. The second-order valence-electron chi connectivity index (χ2n) is 2.01. The fraction of sp³-hybridized carbons (Fsp3) is 0.800. The van der Waals surface area contributed by atoms with Crippen LogP contribution in [0.25, 0.3) is 0 Å². The average molecular weight is 278 g/mol. The minimum absolute atomic E-state index is 0. The fourth-order valence-corrected chi connectivity index (χ4v) is 1.25. The quantitative estimate of drug-likeness (QED) is 0.571. The molecule has 0 saturated heterocycles. The van der Waals surface area contributed by atoms with Gasteiger partial charge in [0.2, 0.25) is 0 Å². The van der Waals surface area contributed by atoms with Crippen molar-refractivity contribution in [3.05, 3.63) is 0 Å². The molecule has 0 aromatic carbocycles. The van der Waals surface area contributed by atoms with Crippen molar-refractivity contribution in [1.29, 1.82) is 0 Å². The molecule has 0 rings (SSSR count). The molecule has 0 aliphatic rings. The van der Waals surface area contributed by atoms with E-state index in [9.17, 15) is 9.00 Å². The highest BCUT2D eigenvalue weighted by atomic mass is 32.2. The van der Waals surface area contributed by atoms with E-state index in [0.717, 1.165) is 0 Å². The Morgan fingerprint density at radius 1 is 1.67 bits per heavy atom. The molecule has 15 heavy (non-hydrogen) atoms. The van der Waals surface area contributed by atoms with Crippen molar-refractivity contribution in [2.75, 3.05) is 12.0 Å². The molecule has 0 aliphatic carbocycles. The molecule has 0 heterocycles. The number of thioether (sulfide) groups is 1. The molecule has 10 heteroatoms. The van der Waals surface area contributed by atoms with Crippen LogP contribution >= 0.6 is 11.8 Å². The van der Waals surface area contributed by atoms with Crippen LogP contribution in [0.5, 0.6) is 0 Å². The maximum atomic E-state index is 10.7. The van der Waals surface area contributed by atoms with Crippen molar-refractivity contribution < 1.29 is 21.9 Å². The largest absolute Gasteiger partial charge is 0.360 e. The Bertz CT molecular complexity index is 194. The summed E-state index contributed by atoms with van der Waals surface area (Å²) in [6, 6.07) is -0.812. The normalized spacial score (nSPS) is 12.5. The van der Waals surface area contributed by atoms with E-state index in [-0.39, 0.29) is 6.15 Å². The number of carbonyl (C=O) groups excluding carboxylic acids is 1. The number of hydrogen-bond donors (Lipinski definition) is 3. The molecular formula is C5H14N2O5S3. The van der Waals surface area contributed by atoms with Gasteiger partial charge in [0.25, 0.3) is 0 Å². The molecule has 0 aromatic rings. The first-order valence-electron chi connectivity index (χ1n) is 3.32. The highest BCUT2D eigenvalue weighted by Crippen LogP contribution is 2.00. The maximum absolute atomic E-state index is 10.7. The van der Waals surface area contributed by atoms with E-state index in [1.54, 1.807) is 11.8 Å². The summed E-state index contributed by atoms with van der Waals surface area (Å²) in [5, 5.41) is 0. The average Bonchev–Trinajstić information content (AvgIpc) is 2.16. The van der Waals surface area contributed by atoms with Crippen molar-refractivity contribution in [1.82, 2.24) is 6.15 Å². The molecule has 0 radical (unpaired) electrons. The highest BCUT2D eigenvalue weighted by Gasteiger charge is 2.16. The Balaban J connectivity index is -0.000000449. The van der Waals surface area contributed by atoms with E-state index in [1.807, 2.05) is 6.26 Å². The predicted molar refractivity (Wildman–Crippen MR) is 61.0 cm³/mol. The van der Waals surface area contributed by atoms with Gasteiger partial charge in [0.15, 0.2) is 12.5 Å². The van der Waals surface area contributed by atoms with Gasteiger partial charge in [-0.1, -0.05) is 0 Å². The fourth-order valence-electron chi connectivity index (χ4n) is 0.495. The Labute approximate surface area is 100 Å². The second-order valence-corrected chi connectivity index (χ2v) is 3.59. The molecule has 0 aromatic heterocycles. The first-order chi connectivity index (χ1) is 6.57. The third-order valence-corrected chi connectivity index (χ3v) is 2.04.